The number of alkyl halides is 3. The molecule has 8 nitrogen and oxygen atoms in total. The number of imide groups is 1. The molecule has 50 heavy (non-hydrogen) atoms. The van der Waals surface area contributed by atoms with Crippen LogP contribution < -0.4 is 10.2 Å². The van der Waals surface area contributed by atoms with Crippen molar-refractivity contribution in [3.05, 3.63) is 131 Å². The Morgan fingerprint density at radius 1 is 0.720 bits per heavy atom. The van der Waals surface area contributed by atoms with Crippen LogP contribution in [0.4, 0.5) is 23.7 Å². The second kappa shape index (κ2) is 13.2. The first-order valence-corrected chi connectivity index (χ1v) is 17.4. The highest BCUT2D eigenvalue weighted by Crippen LogP contribution is 2.46. The van der Waals surface area contributed by atoms with Gasteiger partial charge in [0, 0.05) is 45.4 Å². The molecule has 1 aliphatic heterocycles. The number of rotatable bonds is 8. The molecule has 0 radical (unpaired) electrons. The topological polar surface area (TPSA) is 109 Å². The molecule has 2 aromatic heterocycles. The minimum atomic E-state index is -5.65. The molecule has 1 N–H and O–H groups in total. The van der Waals surface area contributed by atoms with E-state index in [4.69, 9.17) is 23.2 Å². The Labute approximate surface area is 295 Å². The Morgan fingerprint density at radius 3 is 1.58 bits per heavy atom. The van der Waals surface area contributed by atoms with Crippen LogP contribution in [0.15, 0.2) is 114 Å². The van der Waals surface area contributed by atoms with E-state index in [1.807, 2.05) is 12.1 Å². The number of amides is 3. The number of pyridine rings is 2. The Balaban J connectivity index is 1.46. The number of hydrogen-bond donors (Lipinski definition) is 1. The van der Waals surface area contributed by atoms with E-state index >= 15 is 0 Å². The van der Waals surface area contributed by atoms with E-state index in [-0.39, 0.29) is 5.69 Å². The van der Waals surface area contributed by atoms with Crippen LogP contribution in [0.2, 0.25) is 10.0 Å². The third kappa shape index (κ3) is 6.23. The predicted molar refractivity (Wildman–Crippen MR) is 185 cm³/mol. The van der Waals surface area contributed by atoms with Gasteiger partial charge >= 0.3 is 11.5 Å². The number of carbonyl (C=O) groups excluding carboxylic acids is 2. The minimum Gasteiger partial charge on any atom is -0.322 e. The number of carbonyl (C=O) groups is 2. The summed E-state index contributed by atoms with van der Waals surface area (Å²) in [6.45, 7) is 3.58. The number of sulfone groups is 1. The van der Waals surface area contributed by atoms with Crippen molar-refractivity contribution in [2.45, 2.75) is 41.6 Å². The molecule has 0 saturated carbocycles. The van der Waals surface area contributed by atoms with Gasteiger partial charge in [0.1, 0.15) is 5.54 Å². The van der Waals surface area contributed by atoms with Gasteiger partial charge in [-0.05, 0) is 83.9 Å². The third-order valence-corrected chi connectivity index (χ3v) is 11.0. The lowest BCUT2D eigenvalue weighted by molar-refractivity contribution is -0.123. The van der Waals surface area contributed by atoms with Crippen molar-refractivity contribution in [2.75, 3.05) is 4.90 Å². The van der Waals surface area contributed by atoms with Gasteiger partial charge in [0.05, 0.1) is 22.0 Å². The van der Waals surface area contributed by atoms with Crippen LogP contribution in [-0.4, -0.2) is 41.4 Å². The van der Waals surface area contributed by atoms with Crippen molar-refractivity contribution in [1.29, 1.82) is 0 Å². The van der Waals surface area contributed by atoms with E-state index in [1.165, 1.54) is 0 Å². The second-order valence-corrected chi connectivity index (χ2v) is 14.6. The average molecular weight is 740 g/mol. The molecule has 0 bridgehead atoms. The number of urea groups is 1. The Bertz CT molecular complexity index is 2100. The Morgan fingerprint density at radius 2 is 1.16 bits per heavy atom. The normalized spacial score (nSPS) is 17.8. The van der Waals surface area contributed by atoms with Gasteiger partial charge < -0.3 is 5.32 Å². The standard InChI is InChI=1S/C36H27Cl2F3N4O4S/c1-21(25-15-17-42-31(19-25)23-3-7-27(37)8-4-23)35(22(2)26-16-18-43-32(20-26)24-5-9-28(38)10-6-24)33(46)45(34(47)44-35)29-11-13-30(14-12-29)50(48,49)36(39,40)41/h3-22H,1-2H3,(H,44,47). The van der Waals surface area contributed by atoms with Crippen LogP contribution >= 0.6 is 23.2 Å². The summed E-state index contributed by atoms with van der Waals surface area (Å²) in [6.07, 6.45) is 3.19. The summed E-state index contributed by atoms with van der Waals surface area (Å²) < 4.78 is 63.6. The fourth-order valence-electron chi connectivity index (χ4n) is 6.18. The number of aromatic nitrogens is 2. The van der Waals surface area contributed by atoms with Gasteiger partial charge in [-0.2, -0.15) is 13.2 Å². The lowest BCUT2D eigenvalue weighted by Gasteiger charge is -2.39. The van der Waals surface area contributed by atoms with Crippen LogP contribution in [0.25, 0.3) is 22.5 Å². The molecule has 2 atom stereocenters. The smallest absolute Gasteiger partial charge is 0.322 e. The largest absolute Gasteiger partial charge is 0.501 e. The molecule has 3 aromatic carbocycles. The summed E-state index contributed by atoms with van der Waals surface area (Å²) >= 11 is 12.2. The zero-order valence-corrected chi connectivity index (χ0v) is 28.6. The van der Waals surface area contributed by atoms with Crippen molar-refractivity contribution in [3.63, 3.8) is 0 Å². The Kier molecular flexibility index (Phi) is 9.23. The van der Waals surface area contributed by atoms with Crippen LogP contribution in [-0.2, 0) is 14.6 Å². The number of anilines is 1. The summed E-state index contributed by atoms with van der Waals surface area (Å²) in [5, 5.41) is 4.02. The van der Waals surface area contributed by atoms with E-state index in [0.29, 0.717) is 44.7 Å². The highest BCUT2D eigenvalue weighted by Gasteiger charge is 2.59. The quantitative estimate of drug-likeness (QED) is 0.159. The zero-order valence-electron chi connectivity index (χ0n) is 26.3. The van der Waals surface area contributed by atoms with Crippen molar-refractivity contribution >= 4 is 50.7 Å². The van der Waals surface area contributed by atoms with Crippen molar-refractivity contribution in [2.24, 2.45) is 0 Å². The molecule has 1 fully saturated rings. The molecule has 3 amide bonds. The summed E-state index contributed by atoms with van der Waals surface area (Å²) in [5.74, 6) is -2.10. The summed E-state index contributed by atoms with van der Waals surface area (Å²) in [5.41, 5.74) is -3.24. The van der Waals surface area contributed by atoms with Crippen LogP contribution in [0.5, 0.6) is 0 Å². The molecule has 1 saturated heterocycles. The summed E-state index contributed by atoms with van der Waals surface area (Å²) in [7, 11) is -5.65. The van der Waals surface area contributed by atoms with E-state index in [0.717, 1.165) is 28.2 Å². The molecule has 6 rings (SSSR count). The first-order valence-electron chi connectivity index (χ1n) is 15.2. The minimum absolute atomic E-state index is 0.108. The second-order valence-electron chi connectivity index (χ2n) is 11.8. The van der Waals surface area contributed by atoms with Gasteiger partial charge in [0.15, 0.2) is 0 Å². The average Bonchev–Trinajstić information content (AvgIpc) is 3.37. The lowest BCUT2D eigenvalue weighted by atomic mass is 9.69. The molecule has 0 aliphatic carbocycles. The monoisotopic (exact) mass is 738 g/mol. The van der Waals surface area contributed by atoms with Gasteiger partial charge in [-0.1, -0.05) is 61.3 Å². The number of benzene rings is 3. The van der Waals surface area contributed by atoms with Crippen LogP contribution in [0.1, 0.15) is 36.8 Å². The number of nitrogens with one attached hydrogen (secondary N) is 1. The van der Waals surface area contributed by atoms with Crippen LogP contribution in [0, 0.1) is 0 Å². The number of hydrogen-bond acceptors (Lipinski definition) is 6. The molecular weight excluding hydrogens is 712 g/mol. The summed E-state index contributed by atoms with van der Waals surface area (Å²) in [4.78, 5) is 37.4. The van der Waals surface area contributed by atoms with Crippen molar-refractivity contribution < 1.29 is 31.2 Å². The maximum absolute atomic E-state index is 14.8. The number of halogens is 5. The predicted octanol–water partition coefficient (Wildman–Crippen LogP) is 8.81. The fourth-order valence-corrected chi connectivity index (χ4v) is 7.20. The van der Waals surface area contributed by atoms with Crippen molar-refractivity contribution in [1.82, 2.24) is 15.3 Å². The van der Waals surface area contributed by atoms with Gasteiger partial charge in [0.25, 0.3) is 15.7 Å². The SMILES string of the molecule is CC(c1ccnc(-c2ccc(Cl)cc2)c1)C1(C(C)c2ccnc(-c3ccc(Cl)cc3)c2)NC(=O)N(c2ccc(S(=O)(=O)C(F)(F)F)cc2)C1=O. The maximum atomic E-state index is 14.8. The number of nitrogens with zero attached hydrogens (tertiary/aromatic N) is 3. The van der Waals surface area contributed by atoms with Gasteiger partial charge in [-0.15, -0.1) is 0 Å². The van der Waals surface area contributed by atoms with Gasteiger partial charge in [-0.25, -0.2) is 18.1 Å². The molecular formula is C36H27Cl2F3N4O4S. The highest BCUT2D eigenvalue weighted by atomic mass is 35.5. The molecule has 2 unspecified atom stereocenters. The Hall–Kier alpha value is -4.78. The van der Waals surface area contributed by atoms with E-state index in [9.17, 15) is 31.2 Å². The lowest BCUT2D eigenvalue weighted by Crippen LogP contribution is -2.55. The van der Waals surface area contributed by atoms with E-state index in [2.05, 4.69) is 15.3 Å². The van der Waals surface area contributed by atoms with Crippen molar-refractivity contribution in [3.8, 4) is 22.5 Å². The first kappa shape index (κ1) is 35.1. The molecule has 0 spiro atoms. The van der Waals surface area contributed by atoms with Gasteiger partial charge in [-0.3, -0.25) is 14.8 Å². The highest BCUT2D eigenvalue weighted by molar-refractivity contribution is 7.92. The van der Waals surface area contributed by atoms with E-state index in [1.54, 1.807) is 86.9 Å². The van der Waals surface area contributed by atoms with Crippen LogP contribution in [0.3, 0.4) is 0 Å². The summed E-state index contributed by atoms with van der Waals surface area (Å²) in [6, 6.07) is 23.8. The molecule has 3 heterocycles. The molecule has 14 heteroatoms. The third-order valence-electron chi connectivity index (χ3n) is 9.00. The molecule has 256 valence electrons. The molecule has 5 aromatic rings. The molecule has 1 aliphatic rings. The first-order chi connectivity index (χ1) is 23.6. The van der Waals surface area contributed by atoms with E-state index < -0.39 is 49.6 Å². The fraction of sp³-hybridized carbons (Fsp3) is 0.167. The maximum Gasteiger partial charge on any atom is 0.501 e. The zero-order chi connectivity index (χ0) is 36.0. The van der Waals surface area contributed by atoms with Gasteiger partial charge in [0.2, 0.25) is 0 Å².